The number of nitrogens with zero attached hydrogens (tertiary/aromatic N) is 2. The summed E-state index contributed by atoms with van der Waals surface area (Å²) >= 11 is 0. The normalized spacial score (nSPS) is 13.9. The lowest BCUT2D eigenvalue weighted by atomic mass is 9.92. The van der Waals surface area contributed by atoms with Gasteiger partial charge in [0.1, 0.15) is 5.75 Å². The maximum absolute atomic E-state index is 5.79. The van der Waals surface area contributed by atoms with Gasteiger partial charge in [0.25, 0.3) is 0 Å². The van der Waals surface area contributed by atoms with Crippen molar-refractivity contribution in [3.8, 4) is 11.8 Å². The molecule has 1 heterocycles. The molecule has 0 saturated carbocycles. The fraction of sp³-hybridized carbons (Fsp3) is 0.375. The van der Waals surface area contributed by atoms with Crippen LogP contribution in [0, 0.1) is 6.92 Å². The number of hydrogen-bond acceptors (Lipinski definition) is 4. The Balaban J connectivity index is 1.85. The van der Waals surface area contributed by atoms with E-state index in [1.54, 1.807) is 0 Å². The van der Waals surface area contributed by atoms with Gasteiger partial charge in [0.05, 0.1) is 5.69 Å². The first-order chi connectivity index (χ1) is 9.74. The molecule has 0 atom stereocenters. The molecule has 104 valence electrons. The van der Waals surface area contributed by atoms with Gasteiger partial charge >= 0.3 is 6.01 Å². The summed E-state index contributed by atoms with van der Waals surface area (Å²) in [6.45, 7) is 2.31. The van der Waals surface area contributed by atoms with E-state index in [-0.39, 0.29) is 0 Å². The Morgan fingerprint density at radius 3 is 2.70 bits per heavy atom. The Kier molecular flexibility index (Phi) is 3.65. The van der Waals surface area contributed by atoms with E-state index < -0.39 is 0 Å². The molecule has 1 aliphatic carbocycles. The van der Waals surface area contributed by atoms with Crippen molar-refractivity contribution in [3.05, 3.63) is 46.8 Å². The molecule has 0 fully saturated rings. The fourth-order valence-corrected chi connectivity index (χ4v) is 2.63. The molecule has 0 bridgehead atoms. The van der Waals surface area contributed by atoms with E-state index in [4.69, 9.17) is 10.5 Å². The van der Waals surface area contributed by atoms with E-state index >= 15 is 0 Å². The largest absolute Gasteiger partial charge is 0.424 e. The summed E-state index contributed by atoms with van der Waals surface area (Å²) in [5, 5.41) is 0. The minimum Gasteiger partial charge on any atom is -0.424 e. The standard InChI is InChI=1S/C16H19N3O/c1-11-8-14(10-17)19-16(18-11)20-15-7-6-12-4-2-3-5-13(12)9-15/h6-9H,2-5,10,17H2,1H3. The lowest BCUT2D eigenvalue weighted by Crippen LogP contribution is -2.05. The van der Waals surface area contributed by atoms with Crippen LogP contribution in [-0.4, -0.2) is 9.97 Å². The van der Waals surface area contributed by atoms with Gasteiger partial charge in [0, 0.05) is 12.2 Å². The highest BCUT2D eigenvalue weighted by atomic mass is 16.5. The molecule has 0 saturated heterocycles. The molecule has 2 aromatic rings. The molecule has 1 aliphatic rings. The van der Waals surface area contributed by atoms with Gasteiger partial charge in [-0.2, -0.15) is 4.98 Å². The Morgan fingerprint density at radius 2 is 1.90 bits per heavy atom. The highest BCUT2D eigenvalue weighted by Crippen LogP contribution is 2.27. The molecule has 0 aliphatic heterocycles. The van der Waals surface area contributed by atoms with Crippen molar-refractivity contribution in [2.24, 2.45) is 5.73 Å². The second kappa shape index (κ2) is 5.59. The minimum atomic E-state index is 0.376. The molecule has 4 heteroatoms. The topological polar surface area (TPSA) is 61.0 Å². The van der Waals surface area contributed by atoms with Crippen molar-refractivity contribution in [3.63, 3.8) is 0 Å². The van der Waals surface area contributed by atoms with Crippen molar-refractivity contribution in [1.82, 2.24) is 9.97 Å². The van der Waals surface area contributed by atoms with Crippen LogP contribution in [0.5, 0.6) is 11.8 Å². The molecule has 1 aromatic heterocycles. The predicted octanol–water partition coefficient (Wildman–Crippen LogP) is 2.91. The van der Waals surface area contributed by atoms with Gasteiger partial charge in [-0.15, -0.1) is 0 Å². The number of nitrogens with two attached hydrogens (primary N) is 1. The smallest absolute Gasteiger partial charge is 0.322 e. The Labute approximate surface area is 119 Å². The fourth-order valence-electron chi connectivity index (χ4n) is 2.63. The number of hydrogen-bond donors (Lipinski definition) is 1. The number of aromatic nitrogens is 2. The molecule has 0 spiro atoms. The van der Waals surface area contributed by atoms with Gasteiger partial charge in [-0.25, -0.2) is 4.98 Å². The van der Waals surface area contributed by atoms with Crippen LogP contribution >= 0.6 is 0 Å². The number of fused-ring (bicyclic) bond motifs is 1. The molecular formula is C16H19N3O. The number of ether oxygens (including phenoxy) is 1. The van der Waals surface area contributed by atoms with Crippen LogP contribution in [-0.2, 0) is 19.4 Å². The van der Waals surface area contributed by atoms with E-state index in [0.29, 0.717) is 12.6 Å². The molecule has 0 radical (unpaired) electrons. The Morgan fingerprint density at radius 1 is 1.10 bits per heavy atom. The zero-order chi connectivity index (χ0) is 13.9. The molecular weight excluding hydrogens is 250 g/mol. The highest BCUT2D eigenvalue weighted by molar-refractivity contribution is 5.38. The van der Waals surface area contributed by atoms with Gasteiger partial charge in [0.2, 0.25) is 0 Å². The van der Waals surface area contributed by atoms with Crippen molar-refractivity contribution in [2.75, 3.05) is 0 Å². The third kappa shape index (κ3) is 2.80. The number of aryl methyl sites for hydroxylation is 3. The second-order valence-electron chi connectivity index (χ2n) is 5.23. The van der Waals surface area contributed by atoms with Crippen LogP contribution < -0.4 is 10.5 Å². The monoisotopic (exact) mass is 269 g/mol. The maximum atomic E-state index is 5.79. The van der Waals surface area contributed by atoms with Crippen LogP contribution in [0.15, 0.2) is 24.3 Å². The second-order valence-corrected chi connectivity index (χ2v) is 5.23. The Bertz CT molecular complexity index is 625. The van der Waals surface area contributed by atoms with E-state index in [1.165, 1.54) is 30.4 Å². The summed E-state index contributed by atoms with van der Waals surface area (Å²) in [4.78, 5) is 8.60. The average molecular weight is 269 g/mol. The van der Waals surface area contributed by atoms with Gasteiger partial charge < -0.3 is 10.5 Å². The van der Waals surface area contributed by atoms with Crippen LogP contribution in [0.3, 0.4) is 0 Å². The van der Waals surface area contributed by atoms with Crippen molar-refractivity contribution in [1.29, 1.82) is 0 Å². The summed E-state index contributed by atoms with van der Waals surface area (Å²) in [7, 11) is 0. The van der Waals surface area contributed by atoms with Crippen LogP contribution in [0.1, 0.15) is 35.4 Å². The Hall–Kier alpha value is -1.94. The summed E-state index contributed by atoms with van der Waals surface area (Å²) < 4.78 is 5.79. The van der Waals surface area contributed by atoms with E-state index in [9.17, 15) is 0 Å². The molecule has 0 amide bonds. The van der Waals surface area contributed by atoms with Crippen LogP contribution in [0.2, 0.25) is 0 Å². The molecule has 2 N–H and O–H groups in total. The quantitative estimate of drug-likeness (QED) is 0.930. The lowest BCUT2D eigenvalue weighted by Gasteiger charge is -2.16. The number of rotatable bonds is 3. The van der Waals surface area contributed by atoms with Crippen LogP contribution in [0.25, 0.3) is 0 Å². The zero-order valence-corrected chi connectivity index (χ0v) is 11.7. The molecule has 4 nitrogen and oxygen atoms in total. The van der Waals surface area contributed by atoms with Gasteiger partial charge in [-0.05, 0) is 61.9 Å². The summed E-state index contributed by atoms with van der Waals surface area (Å²) in [5.74, 6) is 0.805. The van der Waals surface area contributed by atoms with Crippen molar-refractivity contribution in [2.45, 2.75) is 39.2 Å². The maximum Gasteiger partial charge on any atom is 0.322 e. The average Bonchev–Trinajstić information content (AvgIpc) is 2.46. The van der Waals surface area contributed by atoms with E-state index in [2.05, 4.69) is 22.1 Å². The predicted molar refractivity (Wildman–Crippen MR) is 77.8 cm³/mol. The first-order valence-electron chi connectivity index (χ1n) is 7.09. The molecule has 1 aromatic carbocycles. The molecule has 20 heavy (non-hydrogen) atoms. The lowest BCUT2D eigenvalue weighted by molar-refractivity contribution is 0.436. The third-order valence-electron chi connectivity index (χ3n) is 3.62. The first-order valence-corrected chi connectivity index (χ1v) is 7.09. The van der Waals surface area contributed by atoms with Crippen molar-refractivity contribution < 1.29 is 4.74 Å². The first kappa shape index (κ1) is 13.1. The van der Waals surface area contributed by atoms with Crippen LogP contribution in [0.4, 0.5) is 0 Å². The van der Waals surface area contributed by atoms with Gasteiger partial charge in [-0.1, -0.05) is 6.07 Å². The number of benzene rings is 1. The summed E-state index contributed by atoms with van der Waals surface area (Å²) in [5.41, 5.74) is 10.1. The molecule has 0 unspecified atom stereocenters. The summed E-state index contributed by atoms with van der Waals surface area (Å²) in [6, 6.07) is 8.52. The SMILES string of the molecule is Cc1cc(CN)nc(Oc2ccc3c(c2)CCCC3)n1. The van der Waals surface area contributed by atoms with E-state index in [0.717, 1.165) is 23.6 Å². The minimum absolute atomic E-state index is 0.376. The molecule has 3 rings (SSSR count). The van der Waals surface area contributed by atoms with E-state index in [1.807, 2.05) is 19.1 Å². The zero-order valence-electron chi connectivity index (χ0n) is 11.7. The van der Waals surface area contributed by atoms with Crippen molar-refractivity contribution >= 4 is 0 Å². The van der Waals surface area contributed by atoms with Gasteiger partial charge in [0.15, 0.2) is 0 Å². The summed E-state index contributed by atoms with van der Waals surface area (Å²) in [6.07, 6.45) is 4.85. The third-order valence-corrected chi connectivity index (χ3v) is 3.62. The van der Waals surface area contributed by atoms with Gasteiger partial charge in [-0.3, -0.25) is 0 Å². The highest BCUT2D eigenvalue weighted by Gasteiger charge is 2.11.